The number of nitrogens with zero attached hydrogens (tertiary/aromatic N) is 1. The average molecular weight is 381 g/mol. The number of carbonyl (C=O) groups is 1. The van der Waals surface area contributed by atoms with Gasteiger partial charge in [-0.15, -0.1) is 0 Å². The lowest BCUT2D eigenvalue weighted by molar-refractivity contribution is 0.0469. The van der Waals surface area contributed by atoms with Crippen LogP contribution in [0.3, 0.4) is 0 Å². The normalized spacial score (nSPS) is 10.6. The SMILES string of the molecule is COc1ccc(C)cc1COC(=O)c1cccc(OCc2c(C)noc2C)c1. The molecule has 0 radical (unpaired) electrons. The molecule has 0 spiro atoms. The first-order chi connectivity index (χ1) is 13.5. The van der Waals surface area contributed by atoms with E-state index in [1.165, 1.54) is 0 Å². The van der Waals surface area contributed by atoms with Gasteiger partial charge in [0.25, 0.3) is 0 Å². The smallest absolute Gasteiger partial charge is 0.338 e. The predicted molar refractivity (Wildman–Crippen MR) is 104 cm³/mol. The number of aryl methyl sites for hydroxylation is 3. The third kappa shape index (κ3) is 4.52. The summed E-state index contributed by atoms with van der Waals surface area (Å²) in [5, 5.41) is 3.91. The molecule has 0 unspecified atom stereocenters. The van der Waals surface area contributed by atoms with E-state index in [-0.39, 0.29) is 6.61 Å². The molecule has 0 saturated carbocycles. The van der Waals surface area contributed by atoms with E-state index in [9.17, 15) is 4.79 Å². The number of hydrogen-bond donors (Lipinski definition) is 0. The van der Waals surface area contributed by atoms with Crippen LogP contribution in [0.2, 0.25) is 0 Å². The number of benzene rings is 2. The molecule has 0 bridgehead atoms. The van der Waals surface area contributed by atoms with E-state index in [1.54, 1.807) is 31.4 Å². The first-order valence-corrected chi connectivity index (χ1v) is 8.93. The third-order valence-electron chi connectivity index (χ3n) is 4.43. The second kappa shape index (κ2) is 8.61. The minimum atomic E-state index is -0.425. The van der Waals surface area contributed by atoms with Crippen molar-refractivity contribution in [3.8, 4) is 11.5 Å². The summed E-state index contributed by atoms with van der Waals surface area (Å²) >= 11 is 0. The Kier molecular flexibility index (Phi) is 5.99. The van der Waals surface area contributed by atoms with Crippen LogP contribution in [0.25, 0.3) is 0 Å². The summed E-state index contributed by atoms with van der Waals surface area (Å²) in [5.41, 5.74) is 4.01. The van der Waals surface area contributed by atoms with Crippen molar-refractivity contribution < 1.29 is 23.5 Å². The molecule has 0 atom stereocenters. The minimum Gasteiger partial charge on any atom is -0.496 e. The third-order valence-corrected chi connectivity index (χ3v) is 4.43. The number of aromatic nitrogens is 1. The molecular formula is C22H23NO5. The van der Waals surface area contributed by atoms with Crippen LogP contribution in [0.4, 0.5) is 0 Å². The van der Waals surface area contributed by atoms with E-state index in [0.717, 1.165) is 28.1 Å². The summed E-state index contributed by atoms with van der Waals surface area (Å²) in [6.45, 7) is 6.13. The molecule has 0 aliphatic rings. The van der Waals surface area contributed by atoms with Gasteiger partial charge in [-0.1, -0.05) is 22.9 Å². The molecule has 0 aliphatic carbocycles. The number of ether oxygens (including phenoxy) is 3. The molecular weight excluding hydrogens is 358 g/mol. The van der Waals surface area contributed by atoms with Crippen molar-refractivity contribution in [2.24, 2.45) is 0 Å². The summed E-state index contributed by atoms with van der Waals surface area (Å²) < 4.78 is 21.7. The van der Waals surface area contributed by atoms with Gasteiger partial charge in [-0.05, 0) is 51.1 Å². The first kappa shape index (κ1) is 19.5. The van der Waals surface area contributed by atoms with E-state index < -0.39 is 5.97 Å². The maximum Gasteiger partial charge on any atom is 0.338 e. The molecule has 1 heterocycles. The molecule has 1 aromatic heterocycles. The number of carbonyl (C=O) groups excluding carboxylic acids is 1. The molecule has 2 aromatic carbocycles. The van der Waals surface area contributed by atoms with Gasteiger partial charge in [0.05, 0.1) is 23.9 Å². The fraction of sp³-hybridized carbons (Fsp3) is 0.273. The van der Waals surface area contributed by atoms with Crippen LogP contribution in [0.15, 0.2) is 47.0 Å². The Labute approximate surface area is 164 Å². The highest BCUT2D eigenvalue weighted by molar-refractivity contribution is 5.89. The zero-order chi connectivity index (χ0) is 20.1. The standard InChI is InChI=1S/C22H23NO5/c1-14-8-9-21(25-4)18(10-14)12-27-22(24)17-6-5-7-19(11-17)26-13-20-15(2)23-28-16(20)3/h5-11H,12-13H2,1-4H3. The van der Waals surface area contributed by atoms with Crippen LogP contribution < -0.4 is 9.47 Å². The largest absolute Gasteiger partial charge is 0.496 e. The van der Waals surface area contributed by atoms with Crippen LogP contribution >= 0.6 is 0 Å². The highest BCUT2D eigenvalue weighted by Gasteiger charge is 2.13. The molecule has 0 N–H and O–H groups in total. The van der Waals surface area contributed by atoms with Crippen LogP contribution in [-0.4, -0.2) is 18.2 Å². The Hall–Kier alpha value is -3.28. The molecule has 0 saturated heterocycles. The van der Waals surface area contributed by atoms with Crippen LogP contribution in [-0.2, 0) is 18.0 Å². The Morgan fingerprint density at radius 3 is 2.61 bits per heavy atom. The molecule has 28 heavy (non-hydrogen) atoms. The van der Waals surface area contributed by atoms with Crippen LogP contribution in [0.1, 0.15) is 38.5 Å². The van der Waals surface area contributed by atoms with Gasteiger partial charge in [-0.3, -0.25) is 0 Å². The number of esters is 1. The van der Waals surface area contributed by atoms with E-state index in [2.05, 4.69) is 5.16 Å². The van der Waals surface area contributed by atoms with Crippen molar-refractivity contribution in [3.05, 3.63) is 76.2 Å². The number of methoxy groups -OCH3 is 1. The van der Waals surface area contributed by atoms with E-state index in [1.807, 2.05) is 39.0 Å². The van der Waals surface area contributed by atoms with Crippen molar-refractivity contribution in [2.45, 2.75) is 34.0 Å². The van der Waals surface area contributed by atoms with Crippen molar-refractivity contribution >= 4 is 5.97 Å². The van der Waals surface area contributed by atoms with Crippen molar-refractivity contribution in [1.29, 1.82) is 0 Å². The Bertz CT molecular complexity index is 957. The highest BCUT2D eigenvalue weighted by atomic mass is 16.5. The molecule has 3 rings (SSSR count). The fourth-order valence-corrected chi connectivity index (χ4v) is 2.82. The molecule has 0 amide bonds. The molecule has 0 fully saturated rings. The van der Waals surface area contributed by atoms with Gasteiger partial charge < -0.3 is 18.7 Å². The molecule has 0 aliphatic heterocycles. The van der Waals surface area contributed by atoms with Gasteiger partial charge in [0, 0.05) is 5.56 Å². The summed E-state index contributed by atoms with van der Waals surface area (Å²) in [5.74, 6) is 1.56. The van der Waals surface area contributed by atoms with E-state index >= 15 is 0 Å². The lowest BCUT2D eigenvalue weighted by atomic mass is 10.1. The van der Waals surface area contributed by atoms with Gasteiger partial charge in [0.1, 0.15) is 30.5 Å². The van der Waals surface area contributed by atoms with Crippen molar-refractivity contribution in [3.63, 3.8) is 0 Å². The van der Waals surface area contributed by atoms with Gasteiger partial charge in [-0.2, -0.15) is 0 Å². The van der Waals surface area contributed by atoms with E-state index in [0.29, 0.717) is 23.7 Å². The van der Waals surface area contributed by atoms with Crippen LogP contribution in [0.5, 0.6) is 11.5 Å². The second-order valence-electron chi connectivity index (χ2n) is 6.51. The summed E-state index contributed by atoms with van der Waals surface area (Å²) in [4.78, 5) is 12.5. The topological polar surface area (TPSA) is 70.8 Å². The Morgan fingerprint density at radius 2 is 1.89 bits per heavy atom. The fourth-order valence-electron chi connectivity index (χ4n) is 2.82. The Morgan fingerprint density at radius 1 is 1.07 bits per heavy atom. The predicted octanol–water partition coefficient (Wildman–Crippen LogP) is 4.54. The maximum absolute atomic E-state index is 12.5. The first-order valence-electron chi connectivity index (χ1n) is 8.93. The van der Waals surface area contributed by atoms with Gasteiger partial charge >= 0.3 is 5.97 Å². The van der Waals surface area contributed by atoms with Crippen molar-refractivity contribution in [1.82, 2.24) is 5.16 Å². The lowest BCUT2D eigenvalue weighted by Gasteiger charge is -2.11. The quantitative estimate of drug-likeness (QED) is 0.560. The lowest BCUT2D eigenvalue weighted by Crippen LogP contribution is -2.07. The summed E-state index contributed by atoms with van der Waals surface area (Å²) in [6, 6.07) is 12.7. The second-order valence-corrected chi connectivity index (χ2v) is 6.51. The minimum absolute atomic E-state index is 0.133. The average Bonchev–Trinajstić information content (AvgIpc) is 3.02. The summed E-state index contributed by atoms with van der Waals surface area (Å²) in [6.07, 6.45) is 0. The molecule has 3 aromatic rings. The number of rotatable bonds is 7. The van der Waals surface area contributed by atoms with Gasteiger partial charge in [-0.25, -0.2) is 4.79 Å². The van der Waals surface area contributed by atoms with Crippen LogP contribution in [0, 0.1) is 20.8 Å². The number of hydrogen-bond acceptors (Lipinski definition) is 6. The monoisotopic (exact) mass is 381 g/mol. The van der Waals surface area contributed by atoms with Gasteiger partial charge in [0.2, 0.25) is 0 Å². The summed E-state index contributed by atoms with van der Waals surface area (Å²) in [7, 11) is 1.59. The zero-order valence-corrected chi connectivity index (χ0v) is 16.4. The molecule has 146 valence electrons. The van der Waals surface area contributed by atoms with Gasteiger partial charge in [0.15, 0.2) is 0 Å². The highest BCUT2D eigenvalue weighted by Crippen LogP contribution is 2.22. The zero-order valence-electron chi connectivity index (χ0n) is 16.4. The Balaban J connectivity index is 1.65. The molecule has 6 heteroatoms. The molecule has 6 nitrogen and oxygen atoms in total. The van der Waals surface area contributed by atoms with Crippen molar-refractivity contribution in [2.75, 3.05) is 7.11 Å². The van der Waals surface area contributed by atoms with E-state index in [4.69, 9.17) is 18.7 Å². The maximum atomic E-state index is 12.5.